The van der Waals surface area contributed by atoms with Gasteiger partial charge in [0.2, 0.25) is 0 Å². The summed E-state index contributed by atoms with van der Waals surface area (Å²) in [6.45, 7) is 0. The molecule has 0 saturated heterocycles. The molecule has 1 aliphatic heterocycles. The molecule has 3 rings (SSSR count). The summed E-state index contributed by atoms with van der Waals surface area (Å²) in [4.78, 5) is 4.48. The van der Waals surface area contributed by atoms with Crippen LogP contribution in [0.1, 0.15) is 5.69 Å². The van der Waals surface area contributed by atoms with Crippen molar-refractivity contribution in [3.8, 4) is 0 Å². The van der Waals surface area contributed by atoms with E-state index in [0.29, 0.717) is 0 Å². The summed E-state index contributed by atoms with van der Waals surface area (Å²) >= 11 is 0. The third-order valence-corrected chi connectivity index (χ3v) is 2.18. The van der Waals surface area contributed by atoms with Crippen molar-refractivity contribution < 1.29 is 0 Å². The molecule has 2 aromatic rings. The smallest absolute Gasteiger partial charge is 0.0909 e. The lowest BCUT2D eigenvalue weighted by Gasteiger charge is -2.00. The summed E-state index contributed by atoms with van der Waals surface area (Å²) in [5.74, 6) is 0. The topological polar surface area (TPSA) is 27.0 Å². The van der Waals surface area contributed by atoms with Gasteiger partial charge in [0.25, 0.3) is 0 Å². The van der Waals surface area contributed by atoms with E-state index in [4.69, 9.17) is 0 Å². The SMILES string of the molecule is C1=Cc2nc3ccccc3cc2[N]1. The highest BCUT2D eigenvalue weighted by Crippen LogP contribution is 2.25. The van der Waals surface area contributed by atoms with E-state index in [1.54, 1.807) is 6.20 Å². The second-order valence-electron chi connectivity index (χ2n) is 3.03. The van der Waals surface area contributed by atoms with Crippen LogP contribution in [0.5, 0.6) is 0 Å². The number of pyridine rings is 1. The average Bonchev–Trinajstić information content (AvgIpc) is 2.61. The minimum absolute atomic E-state index is 0.971. The Balaban J connectivity index is 2.40. The molecule has 2 heteroatoms. The van der Waals surface area contributed by atoms with E-state index in [1.807, 2.05) is 24.3 Å². The molecule has 0 N–H and O–H groups in total. The lowest BCUT2D eigenvalue weighted by atomic mass is 10.2. The molecule has 0 unspecified atom stereocenters. The summed E-state index contributed by atoms with van der Waals surface area (Å²) < 4.78 is 0. The van der Waals surface area contributed by atoms with Crippen LogP contribution in [-0.2, 0) is 0 Å². The Morgan fingerprint density at radius 1 is 1.08 bits per heavy atom. The average molecular weight is 167 g/mol. The molecule has 0 bridgehead atoms. The molecule has 0 amide bonds. The largest absolute Gasteiger partial charge is 0.255 e. The van der Waals surface area contributed by atoms with E-state index in [2.05, 4.69) is 22.4 Å². The van der Waals surface area contributed by atoms with Crippen LogP contribution in [0.2, 0.25) is 0 Å². The molecule has 1 aromatic heterocycles. The van der Waals surface area contributed by atoms with Crippen molar-refractivity contribution in [2.45, 2.75) is 0 Å². The minimum atomic E-state index is 0.971. The Morgan fingerprint density at radius 2 is 2.00 bits per heavy atom. The van der Waals surface area contributed by atoms with Crippen LogP contribution in [0.4, 0.5) is 5.69 Å². The van der Waals surface area contributed by atoms with Crippen LogP contribution in [0.15, 0.2) is 36.5 Å². The molecule has 1 radical (unpaired) electrons. The third-order valence-electron chi connectivity index (χ3n) is 2.18. The van der Waals surface area contributed by atoms with Gasteiger partial charge in [-0.05, 0) is 18.2 Å². The predicted molar refractivity (Wildman–Crippen MR) is 52.6 cm³/mol. The van der Waals surface area contributed by atoms with Crippen molar-refractivity contribution >= 4 is 22.7 Å². The van der Waals surface area contributed by atoms with Gasteiger partial charge in [-0.2, -0.15) is 0 Å². The molecule has 0 fully saturated rings. The van der Waals surface area contributed by atoms with Crippen LogP contribution in [-0.4, -0.2) is 4.98 Å². The molecular formula is C11H7N2. The van der Waals surface area contributed by atoms with Crippen LogP contribution in [0, 0.1) is 0 Å². The molecule has 2 nitrogen and oxygen atoms in total. The first kappa shape index (κ1) is 6.66. The van der Waals surface area contributed by atoms with Gasteiger partial charge in [0.05, 0.1) is 16.9 Å². The highest BCUT2D eigenvalue weighted by molar-refractivity contribution is 5.85. The first-order valence-electron chi connectivity index (χ1n) is 4.21. The van der Waals surface area contributed by atoms with Crippen LogP contribution >= 0.6 is 0 Å². The highest BCUT2D eigenvalue weighted by Gasteiger charge is 2.08. The zero-order chi connectivity index (χ0) is 8.67. The monoisotopic (exact) mass is 167 g/mol. The zero-order valence-electron chi connectivity index (χ0n) is 6.94. The lowest BCUT2D eigenvalue weighted by molar-refractivity contribution is 1.20. The molecule has 0 saturated carbocycles. The predicted octanol–water partition coefficient (Wildman–Crippen LogP) is 2.46. The number of benzene rings is 1. The number of rotatable bonds is 0. The van der Waals surface area contributed by atoms with Crippen molar-refractivity contribution in [2.24, 2.45) is 0 Å². The summed E-state index contributed by atoms with van der Waals surface area (Å²) in [5.41, 5.74) is 2.97. The molecule has 1 aromatic carbocycles. The Morgan fingerprint density at radius 3 is 3.00 bits per heavy atom. The van der Waals surface area contributed by atoms with Crippen LogP contribution in [0.3, 0.4) is 0 Å². The third kappa shape index (κ3) is 0.920. The quantitative estimate of drug-likeness (QED) is 0.592. The molecule has 61 valence electrons. The Kier molecular flexibility index (Phi) is 1.19. The van der Waals surface area contributed by atoms with Gasteiger partial charge in [-0.25, -0.2) is 4.98 Å². The number of hydrogen-bond donors (Lipinski definition) is 0. The maximum Gasteiger partial charge on any atom is 0.0909 e. The van der Waals surface area contributed by atoms with Crippen molar-refractivity contribution in [3.05, 3.63) is 42.2 Å². The number of aromatic nitrogens is 1. The molecule has 0 spiro atoms. The fourth-order valence-electron chi connectivity index (χ4n) is 1.53. The van der Waals surface area contributed by atoms with Gasteiger partial charge in [-0.15, -0.1) is 0 Å². The summed E-state index contributed by atoms with van der Waals surface area (Å²) in [6.07, 6.45) is 3.72. The lowest BCUT2D eigenvalue weighted by Crippen LogP contribution is -1.86. The maximum absolute atomic E-state index is 4.48. The van der Waals surface area contributed by atoms with E-state index >= 15 is 0 Å². The fraction of sp³-hybridized carbons (Fsp3) is 0. The number of para-hydroxylation sites is 1. The first-order valence-corrected chi connectivity index (χ1v) is 4.21. The molecule has 0 atom stereocenters. The van der Waals surface area contributed by atoms with Gasteiger partial charge in [-0.1, -0.05) is 18.2 Å². The highest BCUT2D eigenvalue weighted by atomic mass is 14.9. The molecule has 0 aliphatic carbocycles. The Hall–Kier alpha value is -1.83. The summed E-state index contributed by atoms with van der Waals surface area (Å²) in [5, 5.41) is 5.35. The minimum Gasteiger partial charge on any atom is -0.255 e. The van der Waals surface area contributed by atoms with E-state index in [-0.39, 0.29) is 0 Å². The van der Waals surface area contributed by atoms with Crippen molar-refractivity contribution in [2.75, 3.05) is 0 Å². The maximum atomic E-state index is 4.48. The zero-order valence-corrected chi connectivity index (χ0v) is 6.94. The van der Waals surface area contributed by atoms with Crippen molar-refractivity contribution in [1.29, 1.82) is 0 Å². The van der Waals surface area contributed by atoms with Gasteiger partial charge < -0.3 is 0 Å². The van der Waals surface area contributed by atoms with Gasteiger partial charge in [0.1, 0.15) is 0 Å². The molecule has 2 heterocycles. The molecule has 13 heavy (non-hydrogen) atoms. The van der Waals surface area contributed by atoms with E-state index in [9.17, 15) is 0 Å². The summed E-state index contributed by atoms with van der Waals surface area (Å²) in [6, 6.07) is 10.1. The van der Waals surface area contributed by atoms with Gasteiger partial charge in [0, 0.05) is 11.6 Å². The second-order valence-corrected chi connectivity index (χ2v) is 3.03. The van der Waals surface area contributed by atoms with Gasteiger partial charge >= 0.3 is 0 Å². The molecule has 1 aliphatic rings. The number of fused-ring (bicyclic) bond motifs is 2. The normalized spacial score (nSPS) is 12.9. The Bertz CT molecular complexity index is 500. The van der Waals surface area contributed by atoms with E-state index in [0.717, 1.165) is 22.3 Å². The fourth-order valence-corrected chi connectivity index (χ4v) is 1.53. The second kappa shape index (κ2) is 2.33. The van der Waals surface area contributed by atoms with Gasteiger partial charge in [0.15, 0.2) is 0 Å². The summed E-state index contributed by atoms with van der Waals surface area (Å²) in [7, 11) is 0. The Labute approximate surface area is 75.9 Å². The van der Waals surface area contributed by atoms with E-state index < -0.39 is 0 Å². The van der Waals surface area contributed by atoms with Crippen molar-refractivity contribution in [3.63, 3.8) is 0 Å². The number of nitrogens with zero attached hydrogens (tertiary/aromatic N) is 2. The van der Waals surface area contributed by atoms with Crippen molar-refractivity contribution in [1.82, 2.24) is 10.3 Å². The van der Waals surface area contributed by atoms with Crippen LogP contribution < -0.4 is 5.32 Å². The standard InChI is InChI=1S/C11H7N2/c1-2-4-9-8(3-1)7-11-10(13-9)5-6-12-11/h1-7H. The van der Waals surface area contributed by atoms with E-state index in [1.165, 1.54) is 0 Å². The van der Waals surface area contributed by atoms with Gasteiger partial charge in [-0.3, -0.25) is 5.32 Å². The van der Waals surface area contributed by atoms with Crippen LogP contribution in [0.25, 0.3) is 17.0 Å². The molecular weight excluding hydrogens is 160 g/mol. The first-order chi connectivity index (χ1) is 6.43. The number of hydrogen-bond acceptors (Lipinski definition) is 1.